The Hall–Kier alpha value is -2.83. The standard InChI is InChI=1S/C22H21ClN2O3S/c1-16-9-8-13-20(17(16)2)24-22(26)15-25(21-14-7-6-12-19(21)23)29(27,28)18-10-4-3-5-11-18/h3-14H,15H2,1-2H3,(H,24,26). The lowest BCUT2D eigenvalue weighted by Gasteiger charge is -2.25. The van der Waals surface area contributed by atoms with Crippen molar-refractivity contribution in [3.63, 3.8) is 0 Å². The van der Waals surface area contributed by atoms with Gasteiger partial charge in [0.25, 0.3) is 10.0 Å². The second-order valence-electron chi connectivity index (χ2n) is 6.57. The summed E-state index contributed by atoms with van der Waals surface area (Å²) in [6.07, 6.45) is 0. The summed E-state index contributed by atoms with van der Waals surface area (Å²) in [5.74, 6) is -0.460. The second kappa shape index (κ2) is 8.68. The van der Waals surface area contributed by atoms with E-state index in [0.717, 1.165) is 15.4 Å². The van der Waals surface area contributed by atoms with Crippen LogP contribution >= 0.6 is 11.6 Å². The van der Waals surface area contributed by atoms with Crippen molar-refractivity contribution in [2.75, 3.05) is 16.2 Å². The van der Waals surface area contributed by atoms with E-state index in [1.807, 2.05) is 26.0 Å². The van der Waals surface area contributed by atoms with E-state index in [9.17, 15) is 13.2 Å². The van der Waals surface area contributed by atoms with Gasteiger partial charge in [0, 0.05) is 5.69 Å². The molecule has 0 heterocycles. The lowest BCUT2D eigenvalue weighted by Crippen LogP contribution is -2.38. The lowest BCUT2D eigenvalue weighted by atomic mass is 10.1. The molecular weight excluding hydrogens is 408 g/mol. The van der Waals surface area contributed by atoms with Crippen LogP contribution in [0.3, 0.4) is 0 Å². The van der Waals surface area contributed by atoms with Crippen molar-refractivity contribution in [2.45, 2.75) is 18.7 Å². The summed E-state index contributed by atoms with van der Waals surface area (Å²) in [5, 5.41) is 3.05. The minimum atomic E-state index is -3.99. The Balaban J connectivity index is 1.97. The molecule has 0 aliphatic heterocycles. The molecule has 3 aromatic carbocycles. The molecule has 0 atom stereocenters. The largest absolute Gasteiger partial charge is 0.324 e. The van der Waals surface area contributed by atoms with Gasteiger partial charge in [0.1, 0.15) is 6.54 Å². The number of aryl methyl sites for hydroxylation is 1. The third-order valence-corrected chi connectivity index (χ3v) is 6.71. The van der Waals surface area contributed by atoms with Crippen LogP contribution in [0.5, 0.6) is 0 Å². The number of hydrogen-bond donors (Lipinski definition) is 1. The Bertz CT molecular complexity index is 1130. The number of carbonyl (C=O) groups is 1. The molecule has 1 amide bonds. The second-order valence-corrected chi connectivity index (χ2v) is 8.84. The molecule has 0 radical (unpaired) electrons. The van der Waals surface area contributed by atoms with Crippen LogP contribution in [0.15, 0.2) is 77.7 Å². The lowest BCUT2D eigenvalue weighted by molar-refractivity contribution is -0.114. The molecule has 1 N–H and O–H groups in total. The van der Waals surface area contributed by atoms with Crippen molar-refractivity contribution in [3.05, 3.63) is 88.9 Å². The number of para-hydroxylation sites is 1. The maximum absolute atomic E-state index is 13.3. The first-order valence-electron chi connectivity index (χ1n) is 8.99. The Labute approximate surface area is 176 Å². The highest BCUT2D eigenvalue weighted by atomic mass is 35.5. The molecule has 3 aromatic rings. The Morgan fingerprint density at radius 2 is 1.59 bits per heavy atom. The summed E-state index contributed by atoms with van der Waals surface area (Å²) in [6.45, 7) is 3.44. The normalized spacial score (nSPS) is 11.1. The number of hydrogen-bond acceptors (Lipinski definition) is 3. The number of halogens is 1. The molecule has 0 spiro atoms. The van der Waals surface area contributed by atoms with E-state index in [4.69, 9.17) is 11.6 Å². The molecule has 0 saturated heterocycles. The van der Waals surface area contributed by atoms with Crippen LogP contribution in [0.25, 0.3) is 0 Å². The number of carbonyl (C=O) groups excluding carboxylic acids is 1. The van der Waals surface area contributed by atoms with Gasteiger partial charge in [0.05, 0.1) is 15.6 Å². The SMILES string of the molecule is Cc1cccc(NC(=O)CN(c2ccccc2Cl)S(=O)(=O)c2ccccc2)c1C. The Kier molecular flexibility index (Phi) is 6.25. The van der Waals surface area contributed by atoms with E-state index in [-0.39, 0.29) is 15.6 Å². The Morgan fingerprint density at radius 3 is 2.28 bits per heavy atom. The highest BCUT2D eigenvalue weighted by Gasteiger charge is 2.28. The number of sulfonamides is 1. The van der Waals surface area contributed by atoms with Gasteiger partial charge in [-0.25, -0.2) is 8.42 Å². The number of nitrogens with zero attached hydrogens (tertiary/aromatic N) is 1. The first-order chi connectivity index (χ1) is 13.8. The molecule has 0 fully saturated rings. The van der Waals surface area contributed by atoms with Gasteiger partial charge in [0.15, 0.2) is 0 Å². The van der Waals surface area contributed by atoms with Crippen molar-refractivity contribution < 1.29 is 13.2 Å². The summed E-state index contributed by atoms with van der Waals surface area (Å²) in [6, 6.07) is 20.1. The van der Waals surface area contributed by atoms with Gasteiger partial charge in [-0.05, 0) is 55.3 Å². The fourth-order valence-corrected chi connectivity index (χ4v) is 4.63. The maximum atomic E-state index is 13.3. The van der Waals surface area contributed by atoms with Crippen molar-refractivity contribution in [1.29, 1.82) is 0 Å². The number of amides is 1. The number of nitrogens with one attached hydrogen (secondary N) is 1. The first-order valence-corrected chi connectivity index (χ1v) is 10.8. The average molecular weight is 429 g/mol. The van der Waals surface area contributed by atoms with E-state index in [1.54, 1.807) is 48.5 Å². The van der Waals surface area contributed by atoms with Gasteiger partial charge in [0.2, 0.25) is 5.91 Å². The number of rotatable bonds is 6. The van der Waals surface area contributed by atoms with Gasteiger partial charge < -0.3 is 5.32 Å². The number of anilines is 2. The van der Waals surface area contributed by atoms with E-state index in [2.05, 4.69) is 5.32 Å². The molecule has 5 nitrogen and oxygen atoms in total. The molecule has 150 valence electrons. The molecule has 7 heteroatoms. The summed E-state index contributed by atoms with van der Waals surface area (Å²) < 4.78 is 27.6. The van der Waals surface area contributed by atoms with Crippen LogP contribution < -0.4 is 9.62 Å². The van der Waals surface area contributed by atoms with E-state index in [1.165, 1.54) is 12.1 Å². The van der Waals surface area contributed by atoms with Crippen molar-refractivity contribution in [2.24, 2.45) is 0 Å². The fourth-order valence-electron chi connectivity index (χ4n) is 2.88. The van der Waals surface area contributed by atoms with Gasteiger partial charge in [-0.1, -0.05) is 54.1 Å². The van der Waals surface area contributed by atoms with Crippen LogP contribution in [-0.4, -0.2) is 20.9 Å². The molecule has 0 saturated carbocycles. The highest BCUT2D eigenvalue weighted by molar-refractivity contribution is 7.92. The van der Waals surface area contributed by atoms with E-state index < -0.39 is 22.5 Å². The predicted octanol–water partition coefficient (Wildman–Crippen LogP) is 4.79. The van der Waals surface area contributed by atoms with Crippen LogP contribution in [0.1, 0.15) is 11.1 Å². The van der Waals surface area contributed by atoms with Crippen LogP contribution in [0.4, 0.5) is 11.4 Å². The average Bonchev–Trinajstić information content (AvgIpc) is 2.71. The third kappa shape index (κ3) is 4.60. The molecule has 0 unspecified atom stereocenters. The van der Waals surface area contributed by atoms with Crippen molar-refractivity contribution >= 4 is 38.9 Å². The Morgan fingerprint density at radius 1 is 0.931 bits per heavy atom. The fraction of sp³-hybridized carbons (Fsp3) is 0.136. The van der Waals surface area contributed by atoms with Crippen molar-refractivity contribution in [3.8, 4) is 0 Å². The maximum Gasteiger partial charge on any atom is 0.264 e. The predicted molar refractivity (Wildman–Crippen MR) is 117 cm³/mol. The summed E-state index contributed by atoms with van der Waals surface area (Å²) in [5.41, 5.74) is 2.85. The highest BCUT2D eigenvalue weighted by Crippen LogP contribution is 2.30. The van der Waals surface area contributed by atoms with Crippen LogP contribution in [0.2, 0.25) is 5.02 Å². The summed E-state index contributed by atoms with van der Waals surface area (Å²) in [7, 11) is -3.99. The zero-order valence-corrected chi connectivity index (χ0v) is 17.7. The monoisotopic (exact) mass is 428 g/mol. The molecule has 0 aliphatic rings. The summed E-state index contributed by atoms with van der Waals surface area (Å²) >= 11 is 6.26. The molecule has 3 rings (SSSR count). The topological polar surface area (TPSA) is 66.5 Å². The molecular formula is C22H21ClN2O3S. The van der Waals surface area contributed by atoms with Crippen LogP contribution in [-0.2, 0) is 14.8 Å². The molecule has 0 aromatic heterocycles. The molecule has 0 bridgehead atoms. The van der Waals surface area contributed by atoms with Gasteiger partial charge >= 0.3 is 0 Å². The zero-order valence-electron chi connectivity index (χ0n) is 16.1. The minimum Gasteiger partial charge on any atom is -0.324 e. The van der Waals surface area contributed by atoms with Gasteiger partial charge in [-0.2, -0.15) is 0 Å². The van der Waals surface area contributed by atoms with Crippen molar-refractivity contribution in [1.82, 2.24) is 0 Å². The molecule has 29 heavy (non-hydrogen) atoms. The zero-order chi connectivity index (χ0) is 21.0. The van der Waals surface area contributed by atoms with E-state index in [0.29, 0.717) is 5.69 Å². The van der Waals surface area contributed by atoms with Gasteiger partial charge in [-0.3, -0.25) is 9.10 Å². The first kappa shape index (κ1) is 20.9. The summed E-state index contributed by atoms with van der Waals surface area (Å²) in [4.78, 5) is 12.9. The quantitative estimate of drug-likeness (QED) is 0.613. The number of benzene rings is 3. The van der Waals surface area contributed by atoms with Gasteiger partial charge in [-0.15, -0.1) is 0 Å². The van der Waals surface area contributed by atoms with Crippen LogP contribution in [0, 0.1) is 13.8 Å². The molecule has 0 aliphatic carbocycles. The van der Waals surface area contributed by atoms with E-state index >= 15 is 0 Å². The smallest absolute Gasteiger partial charge is 0.264 e. The third-order valence-electron chi connectivity index (χ3n) is 4.62. The minimum absolute atomic E-state index is 0.0828.